The standard InChI is InChI=1S/C16H12BrN5O3S/c1-25-11-6-7-13(17)12(8-11)14-18-19-16-21(14)20-15(26-16)9-2-4-10(5-3-9)22(23)24/h2-8,15,20H,1H3. The lowest BCUT2D eigenvalue weighted by Gasteiger charge is -2.13. The van der Waals surface area contributed by atoms with Crippen molar-refractivity contribution >= 4 is 33.4 Å². The van der Waals surface area contributed by atoms with E-state index in [2.05, 4.69) is 31.6 Å². The Morgan fingerprint density at radius 3 is 2.73 bits per heavy atom. The molecule has 0 spiro atoms. The van der Waals surface area contributed by atoms with Crippen LogP contribution in [0.2, 0.25) is 0 Å². The van der Waals surface area contributed by atoms with E-state index < -0.39 is 4.92 Å². The number of nitro benzene ring substituents is 1. The summed E-state index contributed by atoms with van der Waals surface area (Å²) in [6.07, 6.45) is 0. The van der Waals surface area contributed by atoms with E-state index in [0.29, 0.717) is 5.82 Å². The van der Waals surface area contributed by atoms with Crippen LogP contribution in [0.5, 0.6) is 5.75 Å². The maximum atomic E-state index is 10.8. The number of hydrogen-bond donors (Lipinski definition) is 1. The van der Waals surface area contributed by atoms with Gasteiger partial charge < -0.3 is 10.2 Å². The van der Waals surface area contributed by atoms with Crippen molar-refractivity contribution in [1.82, 2.24) is 14.9 Å². The van der Waals surface area contributed by atoms with Crippen molar-refractivity contribution < 1.29 is 9.66 Å². The van der Waals surface area contributed by atoms with Crippen molar-refractivity contribution in [2.75, 3.05) is 12.5 Å². The smallest absolute Gasteiger partial charge is 0.269 e. The third-order valence-electron chi connectivity index (χ3n) is 3.92. The van der Waals surface area contributed by atoms with Crippen LogP contribution in [-0.2, 0) is 0 Å². The molecule has 1 aromatic heterocycles. The number of nitro groups is 1. The van der Waals surface area contributed by atoms with Crippen molar-refractivity contribution in [3.63, 3.8) is 0 Å². The third kappa shape index (κ3) is 2.90. The summed E-state index contributed by atoms with van der Waals surface area (Å²) in [6, 6.07) is 12.1. The maximum Gasteiger partial charge on any atom is 0.269 e. The summed E-state index contributed by atoms with van der Waals surface area (Å²) in [6.45, 7) is 0. The van der Waals surface area contributed by atoms with Crippen molar-refractivity contribution in [3.8, 4) is 17.1 Å². The van der Waals surface area contributed by atoms with Gasteiger partial charge in [0.2, 0.25) is 5.16 Å². The van der Waals surface area contributed by atoms with E-state index in [1.165, 1.54) is 23.9 Å². The van der Waals surface area contributed by atoms with Gasteiger partial charge in [0.05, 0.1) is 12.0 Å². The minimum atomic E-state index is -0.410. The van der Waals surface area contributed by atoms with Gasteiger partial charge in [-0.25, -0.2) is 4.68 Å². The van der Waals surface area contributed by atoms with Gasteiger partial charge in [-0.1, -0.05) is 27.7 Å². The molecule has 0 saturated heterocycles. The molecule has 8 nitrogen and oxygen atoms in total. The summed E-state index contributed by atoms with van der Waals surface area (Å²) in [7, 11) is 1.61. The number of aromatic nitrogens is 3. The van der Waals surface area contributed by atoms with Crippen LogP contribution in [-0.4, -0.2) is 26.9 Å². The molecule has 1 unspecified atom stereocenters. The number of nitrogens with zero attached hydrogens (tertiary/aromatic N) is 4. The van der Waals surface area contributed by atoms with E-state index in [4.69, 9.17) is 4.74 Å². The van der Waals surface area contributed by atoms with Gasteiger partial charge in [0.25, 0.3) is 5.69 Å². The number of non-ortho nitro benzene ring substituents is 1. The Morgan fingerprint density at radius 2 is 2.04 bits per heavy atom. The number of benzene rings is 2. The maximum absolute atomic E-state index is 10.8. The van der Waals surface area contributed by atoms with Gasteiger partial charge in [-0.2, -0.15) is 0 Å². The van der Waals surface area contributed by atoms with Gasteiger partial charge in [-0.3, -0.25) is 10.1 Å². The molecule has 0 saturated carbocycles. The van der Waals surface area contributed by atoms with Crippen LogP contribution in [0.1, 0.15) is 10.9 Å². The minimum absolute atomic E-state index is 0.0668. The van der Waals surface area contributed by atoms with E-state index in [1.807, 2.05) is 22.9 Å². The first-order valence-corrected chi connectivity index (χ1v) is 9.21. The first-order valence-electron chi connectivity index (χ1n) is 7.53. The van der Waals surface area contributed by atoms with Crippen LogP contribution in [0.4, 0.5) is 5.69 Å². The number of ether oxygens (including phenoxy) is 1. The Hall–Kier alpha value is -2.59. The van der Waals surface area contributed by atoms with Crippen molar-refractivity contribution in [2.24, 2.45) is 0 Å². The number of methoxy groups -OCH3 is 1. The SMILES string of the molecule is COc1ccc(Br)c(-c2nnc3n2NC(c2ccc([N+](=O)[O-])cc2)S3)c1. The molecule has 1 N–H and O–H groups in total. The summed E-state index contributed by atoms with van der Waals surface area (Å²) < 4.78 is 7.98. The van der Waals surface area contributed by atoms with E-state index in [1.54, 1.807) is 19.2 Å². The predicted octanol–water partition coefficient (Wildman–Crippen LogP) is 3.97. The number of hydrogen-bond acceptors (Lipinski definition) is 7. The quantitative estimate of drug-likeness (QED) is 0.490. The molecule has 10 heteroatoms. The zero-order chi connectivity index (χ0) is 18.3. The molecule has 0 amide bonds. The second-order valence-electron chi connectivity index (χ2n) is 5.46. The molecule has 1 aliphatic heterocycles. The number of rotatable bonds is 4. The molecule has 0 bridgehead atoms. The van der Waals surface area contributed by atoms with Crippen LogP contribution in [0.3, 0.4) is 0 Å². The molecule has 0 fully saturated rings. The summed E-state index contributed by atoms with van der Waals surface area (Å²) in [5.74, 6) is 1.38. The molecule has 2 aromatic carbocycles. The average Bonchev–Trinajstić information content (AvgIpc) is 3.23. The van der Waals surface area contributed by atoms with E-state index >= 15 is 0 Å². The molecule has 26 heavy (non-hydrogen) atoms. The Kier molecular flexibility index (Phi) is 4.29. The van der Waals surface area contributed by atoms with Crippen LogP contribution < -0.4 is 10.2 Å². The Balaban J connectivity index is 1.64. The van der Waals surface area contributed by atoms with Gasteiger partial charge in [0.15, 0.2) is 5.82 Å². The van der Waals surface area contributed by atoms with Crippen LogP contribution >= 0.6 is 27.7 Å². The topological polar surface area (TPSA) is 95.1 Å². The van der Waals surface area contributed by atoms with Crippen LogP contribution in [0, 0.1) is 10.1 Å². The molecule has 132 valence electrons. The minimum Gasteiger partial charge on any atom is -0.497 e. The van der Waals surface area contributed by atoms with Gasteiger partial charge >= 0.3 is 0 Å². The molecular formula is C16H12BrN5O3S. The molecule has 2 heterocycles. The molecular weight excluding hydrogens is 422 g/mol. The summed E-state index contributed by atoms with van der Waals surface area (Å²) >= 11 is 5.03. The van der Waals surface area contributed by atoms with Gasteiger partial charge in [0, 0.05) is 22.2 Å². The first kappa shape index (κ1) is 16.9. The van der Waals surface area contributed by atoms with E-state index in [0.717, 1.165) is 26.5 Å². The van der Waals surface area contributed by atoms with Crippen molar-refractivity contribution in [3.05, 3.63) is 62.6 Å². The van der Waals surface area contributed by atoms with Gasteiger partial charge in [0.1, 0.15) is 11.1 Å². The number of fused-ring (bicyclic) bond motifs is 1. The largest absolute Gasteiger partial charge is 0.497 e. The highest BCUT2D eigenvalue weighted by Gasteiger charge is 2.29. The second kappa shape index (κ2) is 6.61. The molecule has 1 atom stereocenters. The Labute approximate surface area is 160 Å². The number of nitrogens with one attached hydrogen (secondary N) is 1. The van der Waals surface area contributed by atoms with E-state index in [9.17, 15) is 10.1 Å². The molecule has 4 rings (SSSR count). The number of halogens is 1. The summed E-state index contributed by atoms with van der Waals surface area (Å²) in [5, 5.41) is 19.9. The van der Waals surface area contributed by atoms with Crippen molar-refractivity contribution in [2.45, 2.75) is 10.5 Å². The molecule has 3 aromatic rings. The van der Waals surface area contributed by atoms with Gasteiger partial charge in [-0.15, -0.1) is 10.2 Å². The number of thioether (sulfide) groups is 1. The highest BCUT2D eigenvalue weighted by Crippen LogP contribution is 2.41. The molecule has 0 radical (unpaired) electrons. The predicted molar refractivity (Wildman–Crippen MR) is 101 cm³/mol. The van der Waals surface area contributed by atoms with Crippen molar-refractivity contribution in [1.29, 1.82) is 0 Å². The van der Waals surface area contributed by atoms with Crippen LogP contribution in [0.25, 0.3) is 11.4 Å². The van der Waals surface area contributed by atoms with Gasteiger partial charge in [-0.05, 0) is 35.9 Å². The summed E-state index contributed by atoms with van der Waals surface area (Å²) in [5.41, 5.74) is 5.17. The molecule has 1 aliphatic rings. The second-order valence-corrected chi connectivity index (χ2v) is 7.39. The lowest BCUT2D eigenvalue weighted by molar-refractivity contribution is -0.384. The Morgan fingerprint density at radius 1 is 1.27 bits per heavy atom. The summed E-state index contributed by atoms with van der Waals surface area (Å²) in [4.78, 5) is 10.4. The lowest BCUT2D eigenvalue weighted by atomic mass is 10.2. The zero-order valence-electron chi connectivity index (χ0n) is 13.4. The van der Waals surface area contributed by atoms with Crippen LogP contribution in [0.15, 0.2) is 52.1 Å². The third-order valence-corrected chi connectivity index (χ3v) is 5.70. The normalized spacial score (nSPS) is 15.4. The fraction of sp³-hybridized carbons (Fsp3) is 0.125. The highest BCUT2D eigenvalue weighted by atomic mass is 79.9. The molecule has 0 aliphatic carbocycles. The first-order chi connectivity index (χ1) is 12.6. The average molecular weight is 434 g/mol. The highest BCUT2D eigenvalue weighted by molar-refractivity contribution is 9.10. The Bertz CT molecular complexity index is 992. The fourth-order valence-electron chi connectivity index (χ4n) is 2.60. The van der Waals surface area contributed by atoms with E-state index in [-0.39, 0.29) is 11.1 Å². The zero-order valence-corrected chi connectivity index (χ0v) is 15.8. The monoisotopic (exact) mass is 433 g/mol. The fourth-order valence-corrected chi connectivity index (χ4v) is 4.02. The lowest BCUT2D eigenvalue weighted by Crippen LogP contribution is -2.14.